The number of nitrogen functional groups attached to an aromatic ring is 1. The number of anilines is 1. The Morgan fingerprint density at radius 1 is 1.29 bits per heavy atom. The second-order valence-electron chi connectivity index (χ2n) is 6.61. The summed E-state index contributed by atoms with van der Waals surface area (Å²) >= 11 is 0. The SMILES string of the molecule is [C-]#[N+]c1cc2c(C)c(Cc3cccc(N)c3)c(=O)oc2cc1OC(=O)N(C)C. The maximum atomic E-state index is 12.6. The molecular formula is C21H19N3O4. The molecule has 0 aliphatic heterocycles. The van der Waals surface area contributed by atoms with Gasteiger partial charge < -0.3 is 19.8 Å². The van der Waals surface area contributed by atoms with Gasteiger partial charge in [0.1, 0.15) is 11.3 Å². The van der Waals surface area contributed by atoms with Crippen molar-refractivity contribution >= 4 is 28.4 Å². The molecule has 0 atom stereocenters. The van der Waals surface area contributed by atoms with E-state index in [1.807, 2.05) is 12.1 Å². The van der Waals surface area contributed by atoms with Crippen molar-refractivity contribution in [1.82, 2.24) is 4.90 Å². The minimum atomic E-state index is -0.624. The summed E-state index contributed by atoms with van der Waals surface area (Å²) in [6, 6.07) is 10.3. The molecule has 1 aromatic heterocycles. The van der Waals surface area contributed by atoms with Crippen LogP contribution in [0.1, 0.15) is 16.7 Å². The summed E-state index contributed by atoms with van der Waals surface area (Å²) in [5.74, 6) is 0.0485. The molecule has 3 aromatic rings. The number of hydrogen-bond acceptors (Lipinski definition) is 5. The number of amides is 1. The molecule has 28 heavy (non-hydrogen) atoms. The summed E-state index contributed by atoms with van der Waals surface area (Å²) in [5.41, 5.74) is 8.46. The Kier molecular flexibility index (Phi) is 5.05. The fourth-order valence-electron chi connectivity index (χ4n) is 2.87. The Hall–Kier alpha value is -3.79. The van der Waals surface area contributed by atoms with Gasteiger partial charge in [0, 0.05) is 43.2 Å². The molecule has 1 amide bonds. The molecule has 3 rings (SSSR count). The van der Waals surface area contributed by atoms with Gasteiger partial charge in [0.25, 0.3) is 0 Å². The quantitative estimate of drug-likeness (QED) is 0.425. The number of fused-ring (bicyclic) bond motifs is 1. The number of carbonyl (C=O) groups excluding carboxylic acids is 1. The van der Waals surface area contributed by atoms with Crippen LogP contribution in [0.15, 0.2) is 45.6 Å². The van der Waals surface area contributed by atoms with Crippen LogP contribution in [0, 0.1) is 13.5 Å². The lowest BCUT2D eigenvalue weighted by molar-refractivity contribution is 0.172. The van der Waals surface area contributed by atoms with E-state index in [0.29, 0.717) is 28.6 Å². The molecule has 1 heterocycles. The minimum absolute atomic E-state index is 0.0485. The molecule has 2 aromatic carbocycles. The van der Waals surface area contributed by atoms with Crippen LogP contribution in [-0.2, 0) is 6.42 Å². The van der Waals surface area contributed by atoms with Gasteiger partial charge in [-0.15, -0.1) is 0 Å². The first-order chi connectivity index (χ1) is 13.3. The van der Waals surface area contributed by atoms with Crippen molar-refractivity contribution in [1.29, 1.82) is 0 Å². The van der Waals surface area contributed by atoms with E-state index in [2.05, 4.69) is 4.85 Å². The van der Waals surface area contributed by atoms with Gasteiger partial charge in [-0.2, -0.15) is 0 Å². The van der Waals surface area contributed by atoms with Gasteiger partial charge in [0.15, 0.2) is 0 Å². The number of aryl methyl sites for hydroxylation is 1. The topological polar surface area (TPSA) is 90.1 Å². The lowest BCUT2D eigenvalue weighted by atomic mass is 9.99. The van der Waals surface area contributed by atoms with E-state index >= 15 is 0 Å². The molecule has 142 valence electrons. The molecule has 0 aliphatic rings. The standard InChI is InChI=1S/C21H19N3O4/c1-12-15-10-17(23-2)19(28-21(26)24(3)4)11-18(15)27-20(25)16(12)9-13-6-5-7-14(22)8-13/h5-8,10-11H,9,22H2,1,3-4H3. The average Bonchev–Trinajstić information content (AvgIpc) is 2.64. The van der Waals surface area contributed by atoms with Crippen molar-refractivity contribution in [3.8, 4) is 5.75 Å². The molecule has 0 unspecified atom stereocenters. The molecule has 7 heteroatoms. The van der Waals surface area contributed by atoms with E-state index in [1.54, 1.807) is 25.1 Å². The second kappa shape index (κ2) is 7.45. The van der Waals surface area contributed by atoms with Crippen LogP contribution in [-0.4, -0.2) is 25.1 Å². The number of carbonyl (C=O) groups is 1. The van der Waals surface area contributed by atoms with E-state index in [-0.39, 0.29) is 17.0 Å². The second-order valence-corrected chi connectivity index (χ2v) is 6.61. The third-order valence-electron chi connectivity index (χ3n) is 4.38. The van der Waals surface area contributed by atoms with Crippen molar-refractivity contribution in [2.75, 3.05) is 19.8 Å². The Morgan fingerprint density at radius 2 is 2.04 bits per heavy atom. The van der Waals surface area contributed by atoms with Gasteiger partial charge in [0.2, 0.25) is 5.69 Å². The maximum Gasteiger partial charge on any atom is 0.413 e. The lowest BCUT2D eigenvalue weighted by Crippen LogP contribution is -2.25. The number of nitrogens with zero attached hydrogens (tertiary/aromatic N) is 2. The lowest BCUT2D eigenvalue weighted by Gasteiger charge is -2.13. The molecule has 0 fully saturated rings. The number of rotatable bonds is 3. The Labute approximate surface area is 161 Å². The molecule has 0 saturated carbocycles. The van der Waals surface area contributed by atoms with E-state index in [4.69, 9.17) is 21.5 Å². The molecule has 2 N–H and O–H groups in total. The van der Waals surface area contributed by atoms with Crippen molar-refractivity contribution in [3.63, 3.8) is 0 Å². The smallest absolute Gasteiger partial charge is 0.413 e. The summed E-state index contributed by atoms with van der Waals surface area (Å²) in [6.07, 6.45) is -0.263. The van der Waals surface area contributed by atoms with E-state index < -0.39 is 11.7 Å². The predicted octanol–water partition coefficient (Wildman–Crippen LogP) is 3.89. The predicted molar refractivity (Wildman–Crippen MR) is 107 cm³/mol. The number of nitrogens with two attached hydrogens (primary N) is 1. The molecule has 0 aliphatic carbocycles. The van der Waals surface area contributed by atoms with Gasteiger partial charge in [-0.25, -0.2) is 14.4 Å². The van der Waals surface area contributed by atoms with Crippen molar-refractivity contribution in [2.45, 2.75) is 13.3 Å². The van der Waals surface area contributed by atoms with Crippen molar-refractivity contribution < 1.29 is 13.9 Å². The first kappa shape index (κ1) is 19.0. The zero-order valence-corrected chi connectivity index (χ0v) is 15.8. The van der Waals surface area contributed by atoms with Crippen LogP contribution < -0.4 is 16.1 Å². The van der Waals surface area contributed by atoms with Crippen molar-refractivity contribution in [2.24, 2.45) is 0 Å². The molecule has 0 spiro atoms. The highest BCUT2D eigenvalue weighted by molar-refractivity contribution is 5.89. The van der Waals surface area contributed by atoms with Crippen LogP contribution in [0.3, 0.4) is 0 Å². The summed E-state index contributed by atoms with van der Waals surface area (Å²) < 4.78 is 10.7. The minimum Gasteiger partial charge on any atom is -0.422 e. The van der Waals surface area contributed by atoms with Gasteiger partial charge in [-0.1, -0.05) is 12.1 Å². The van der Waals surface area contributed by atoms with Crippen LogP contribution in [0.2, 0.25) is 0 Å². The summed E-state index contributed by atoms with van der Waals surface area (Å²) in [4.78, 5) is 29.1. The van der Waals surface area contributed by atoms with Crippen LogP contribution >= 0.6 is 0 Å². The monoisotopic (exact) mass is 377 g/mol. The van der Waals surface area contributed by atoms with Gasteiger partial charge in [-0.3, -0.25) is 0 Å². The molecular weight excluding hydrogens is 358 g/mol. The van der Waals surface area contributed by atoms with Gasteiger partial charge in [0.05, 0.1) is 6.57 Å². The molecule has 0 saturated heterocycles. The zero-order valence-electron chi connectivity index (χ0n) is 15.8. The van der Waals surface area contributed by atoms with E-state index in [1.165, 1.54) is 25.1 Å². The summed E-state index contributed by atoms with van der Waals surface area (Å²) in [6.45, 7) is 9.20. The van der Waals surface area contributed by atoms with Crippen molar-refractivity contribution in [3.05, 3.63) is 74.9 Å². The van der Waals surface area contributed by atoms with Crippen LogP contribution in [0.4, 0.5) is 16.2 Å². The van der Waals surface area contributed by atoms with E-state index in [9.17, 15) is 9.59 Å². The van der Waals surface area contributed by atoms with Crippen LogP contribution in [0.5, 0.6) is 5.75 Å². The third-order valence-corrected chi connectivity index (χ3v) is 4.38. The Morgan fingerprint density at radius 3 is 2.68 bits per heavy atom. The Balaban J connectivity index is 2.12. The van der Waals surface area contributed by atoms with Gasteiger partial charge >= 0.3 is 11.7 Å². The van der Waals surface area contributed by atoms with Crippen LogP contribution in [0.25, 0.3) is 15.8 Å². The fraction of sp³-hybridized carbons (Fsp3) is 0.190. The third kappa shape index (κ3) is 3.67. The first-order valence-electron chi connectivity index (χ1n) is 8.51. The molecule has 0 bridgehead atoms. The number of ether oxygens (including phenoxy) is 1. The maximum absolute atomic E-state index is 12.6. The molecule has 0 radical (unpaired) electrons. The number of benzene rings is 2. The Bertz CT molecular complexity index is 1170. The largest absolute Gasteiger partial charge is 0.422 e. The highest BCUT2D eigenvalue weighted by Gasteiger charge is 2.18. The fourth-order valence-corrected chi connectivity index (χ4v) is 2.87. The molecule has 7 nitrogen and oxygen atoms in total. The highest BCUT2D eigenvalue weighted by atomic mass is 16.6. The van der Waals surface area contributed by atoms with Gasteiger partial charge in [-0.05, 0) is 36.2 Å². The normalized spacial score (nSPS) is 10.5. The number of hydrogen-bond donors (Lipinski definition) is 1. The zero-order chi connectivity index (χ0) is 20.4. The summed E-state index contributed by atoms with van der Waals surface area (Å²) in [7, 11) is 3.07. The average molecular weight is 377 g/mol. The first-order valence-corrected chi connectivity index (χ1v) is 8.51. The highest BCUT2D eigenvalue weighted by Crippen LogP contribution is 2.35. The van der Waals surface area contributed by atoms with E-state index in [0.717, 1.165) is 5.56 Å². The summed E-state index contributed by atoms with van der Waals surface area (Å²) in [5, 5.41) is 0.620.